The van der Waals surface area contributed by atoms with E-state index in [0.717, 1.165) is 49.0 Å². The molecule has 1 amide bonds. The van der Waals surface area contributed by atoms with Gasteiger partial charge in [-0.25, -0.2) is 9.07 Å². The van der Waals surface area contributed by atoms with Crippen molar-refractivity contribution in [2.45, 2.75) is 45.0 Å². The lowest BCUT2D eigenvalue weighted by Gasteiger charge is -2.37. The number of carbonyl (C=O) groups is 1. The molecule has 2 aromatic rings. The molecular formula is C24H32FN5O2. The molecule has 0 spiro atoms. The number of aromatic nitrogens is 2. The highest BCUT2D eigenvalue weighted by Crippen LogP contribution is 2.35. The van der Waals surface area contributed by atoms with Crippen molar-refractivity contribution in [2.24, 2.45) is 5.92 Å². The van der Waals surface area contributed by atoms with Gasteiger partial charge in [-0.3, -0.25) is 9.69 Å². The van der Waals surface area contributed by atoms with Crippen LogP contribution in [0.25, 0.3) is 5.69 Å². The molecule has 1 atom stereocenters. The van der Waals surface area contributed by atoms with Gasteiger partial charge in [0.15, 0.2) is 0 Å². The van der Waals surface area contributed by atoms with Crippen LogP contribution in [0.15, 0.2) is 30.6 Å². The molecule has 7 nitrogen and oxygen atoms in total. The summed E-state index contributed by atoms with van der Waals surface area (Å²) < 4.78 is 16.3. The van der Waals surface area contributed by atoms with E-state index >= 15 is 0 Å². The normalized spacial score (nSPS) is 20.7. The van der Waals surface area contributed by atoms with Crippen LogP contribution in [0.3, 0.4) is 0 Å². The predicted octanol–water partition coefficient (Wildman–Crippen LogP) is 2.47. The fraction of sp³-hybridized carbons (Fsp3) is 0.583. The van der Waals surface area contributed by atoms with Crippen molar-refractivity contribution in [3.63, 3.8) is 0 Å². The first-order chi connectivity index (χ1) is 15.3. The number of alkyl halides is 1. The Balaban J connectivity index is 1.40. The predicted molar refractivity (Wildman–Crippen MR) is 121 cm³/mol. The fourth-order valence-corrected chi connectivity index (χ4v) is 4.65. The first-order valence-corrected chi connectivity index (χ1v) is 11.6. The summed E-state index contributed by atoms with van der Waals surface area (Å²) in [7, 11) is 0. The van der Waals surface area contributed by atoms with Crippen molar-refractivity contribution in [1.29, 1.82) is 0 Å². The molecule has 0 radical (unpaired) electrons. The molecule has 1 saturated carbocycles. The highest BCUT2D eigenvalue weighted by molar-refractivity contribution is 6.00. The Morgan fingerprint density at radius 2 is 1.94 bits per heavy atom. The summed E-state index contributed by atoms with van der Waals surface area (Å²) in [6, 6.07) is 5.87. The quantitative estimate of drug-likeness (QED) is 0.715. The molecule has 3 aliphatic rings. The van der Waals surface area contributed by atoms with Gasteiger partial charge in [-0.1, -0.05) is 0 Å². The number of benzene rings is 1. The molecule has 1 aromatic heterocycles. The Morgan fingerprint density at radius 3 is 2.56 bits per heavy atom. The summed E-state index contributed by atoms with van der Waals surface area (Å²) in [6.07, 6.45) is 4.87. The summed E-state index contributed by atoms with van der Waals surface area (Å²) in [6.45, 7) is 8.12. The highest BCUT2D eigenvalue weighted by Gasteiger charge is 2.36. The zero-order chi connectivity index (χ0) is 22.5. The number of amides is 1. The fourth-order valence-electron chi connectivity index (χ4n) is 4.65. The van der Waals surface area contributed by atoms with E-state index in [9.17, 15) is 14.3 Å². The maximum Gasteiger partial charge on any atom is 0.254 e. The third-order valence-corrected chi connectivity index (χ3v) is 6.90. The Hall–Kier alpha value is -2.45. The van der Waals surface area contributed by atoms with E-state index in [-0.39, 0.29) is 12.5 Å². The molecular weight excluding hydrogens is 409 g/mol. The number of carbonyl (C=O) groups excluding carboxylic acids is 1. The molecule has 2 fully saturated rings. The van der Waals surface area contributed by atoms with Gasteiger partial charge in [0, 0.05) is 57.2 Å². The average Bonchev–Trinajstić information content (AvgIpc) is 3.30. The SMILES string of the molecule is CC(C)(O)[C@H](F)CN1Cc2cc(-n3cccn3)c(N3CCN(CC4CC4)CC3)cc2C1=O. The van der Waals surface area contributed by atoms with Gasteiger partial charge >= 0.3 is 0 Å². The summed E-state index contributed by atoms with van der Waals surface area (Å²) in [5.74, 6) is 0.709. The van der Waals surface area contributed by atoms with Crippen LogP contribution in [-0.4, -0.2) is 81.6 Å². The second-order valence-corrected chi connectivity index (χ2v) is 9.99. The van der Waals surface area contributed by atoms with Crippen LogP contribution in [0, 0.1) is 5.92 Å². The van der Waals surface area contributed by atoms with Crippen LogP contribution in [-0.2, 0) is 6.54 Å². The Morgan fingerprint density at radius 1 is 1.19 bits per heavy atom. The van der Waals surface area contributed by atoms with E-state index in [2.05, 4.69) is 14.9 Å². The summed E-state index contributed by atoms with van der Waals surface area (Å²) in [5.41, 5.74) is 1.95. The number of fused-ring (bicyclic) bond motifs is 1. The van der Waals surface area contributed by atoms with Crippen molar-refractivity contribution in [1.82, 2.24) is 19.6 Å². The van der Waals surface area contributed by atoms with Gasteiger partial charge in [0.2, 0.25) is 0 Å². The Bertz CT molecular complexity index is 975. The lowest BCUT2D eigenvalue weighted by molar-refractivity contribution is -0.0159. The molecule has 0 unspecified atom stereocenters. The number of piperazine rings is 1. The van der Waals surface area contributed by atoms with Gasteiger partial charge in [0.1, 0.15) is 6.17 Å². The maximum absolute atomic E-state index is 14.5. The van der Waals surface area contributed by atoms with Gasteiger partial charge in [-0.05, 0) is 56.4 Å². The van der Waals surface area contributed by atoms with Crippen molar-refractivity contribution >= 4 is 11.6 Å². The maximum atomic E-state index is 14.5. The van der Waals surface area contributed by atoms with Crippen LogP contribution < -0.4 is 4.90 Å². The van der Waals surface area contributed by atoms with Crippen molar-refractivity contribution in [3.05, 3.63) is 41.7 Å². The van der Waals surface area contributed by atoms with Gasteiger partial charge in [-0.2, -0.15) is 5.10 Å². The van der Waals surface area contributed by atoms with E-state index in [1.54, 1.807) is 6.20 Å². The summed E-state index contributed by atoms with van der Waals surface area (Å²) >= 11 is 0. The van der Waals surface area contributed by atoms with Crippen LogP contribution in [0.5, 0.6) is 0 Å². The summed E-state index contributed by atoms with van der Waals surface area (Å²) in [5, 5.41) is 14.4. The summed E-state index contributed by atoms with van der Waals surface area (Å²) in [4.78, 5) is 19.5. The van der Waals surface area contributed by atoms with Gasteiger partial charge < -0.3 is 14.9 Å². The molecule has 0 bridgehead atoms. The third kappa shape index (κ3) is 4.26. The Labute approximate surface area is 188 Å². The minimum atomic E-state index is -1.51. The van der Waals surface area contributed by atoms with Crippen molar-refractivity contribution in [2.75, 3.05) is 44.2 Å². The van der Waals surface area contributed by atoms with E-state index in [1.165, 1.54) is 38.1 Å². The molecule has 3 heterocycles. The number of aliphatic hydroxyl groups is 1. The Kier molecular flexibility index (Phi) is 5.45. The molecule has 32 heavy (non-hydrogen) atoms. The van der Waals surface area contributed by atoms with Gasteiger partial charge in [-0.15, -0.1) is 0 Å². The van der Waals surface area contributed by atoms with Crippen LogP contribution in [0.1, 0.15) is 42.6 Å². The van der Waals surface area contributed by atoms with Crippen molar-refractivity contribution in [3.8, 4) is 5.69 Å². The van der Waals surface area contributed by atoms with Crippen molar-refractivity contribution < 1.29 is 14.3 Å². The molecule has 8 heteroatoms. The van der Waals surface area contributed by atoms with E-state index in [0.29, 0.717) is 12.1 Å². The number of hydrogen-bond donors (Lipinski definition) is 1. The molecule has 5 rings (SSSR count). The zero-order valence-electron chi connectivity index (χ0n) is 18.9. The second kappa shape index (κ2) is 8.15. The first kappa shape index (κ1) is 21.4. The van der Waals surface area contributed by atoms with Crippen LogP contribution in [0.2, 0.25) is 0 Å². The van der Waals surface area contributed by atoms with Crippen LogP contribution in [0.4, 0.5) is 10.1 Å². The lowest BCUT2D eigenvalue weighted by Crippen LogP contribution is -2.47. The van der Waals surface area contributed by atoms with Crippen LogP contribution >= 0.6 is 0 Å². The molecule has 1 N–H and O–H groups in total. The van der Waals surface area contributed by atoms with Gasteiger partial charge in [0.05, 0.1) is 23.5 Å². The highest BCUT2D eigenvalue weighted by atomic mass is 19.1. The monoisotopic (exact) mass is 441 g/mol. The standard InChI is InChI=1S/C24H32FN5O2/c1-24(2,32)22(25)16-29-15-18-12-21(30-7-3-6-26-30)20(13-19(18)23(29)31)28-10-8-27(9-11-28)14-17-4-5-17/h3,6-7,12-13,17,22,32H,4-5,8-11,14-16H2,1-2H3/t22-/m1/s1. The average molecular weight is 442 g/mol. The largest absolute Gasteiger partial charge is 0.387 e. The minimum absolute atomic E-state index is 0.122. The minimum Gasteiger partial charge on any atom is -0.387 e. The van der Waals surface area contributed by atoms with Gasteiger partial charge in [0.25, 0.3) is 5.91 Å². The number of rotatable bonds is 7. The topological polar surface area (TPSA) is 64.8 Å². The zero-order valence-corrected chi connectivity index (χ0v) is 18.9. The molecule has 1 saturated heterocycles. The van der Waals surface area contributed by atoms with E-state index in [1.807, 2.05) is 29.1 Å². The van der Waals surface area contributed by atoms with E-state index in [4.69, 9.17) is 0 Å². The smallest absolute Gasteiger partial charge is 0.254 e. The number of anilines is 1. The van der Waals surface area contributed by atoms with E-state index < -0.39 is 11.8 Å². The molecule has 1 aliphatic carbocycles. The molecule has 1 aromatic carbocycles. The molecule has 172 valence electrons. The lowest BCUT2D eigenvalue weighted by atomic mass is 10.0. The number of nitrogens with zero attached hydrogens (tertiary/aromatic N) is 5. The third-order valence-electron chi connectivity index (χ3n) is 6.90. The number of hydrogen-bond acceptors (Lipinski definition) is 5. The second-order valence-electron chi connectivity index (χ2n) is 9.99. The first-order valence-electron chi connectivity index (χ1n) is 11.6. The number of halogens is 1. The molecule has 2 aliphatic heterocycles.